The molecule has 0 aliphatic heterocycles. The van der Waals surface area contributed by atoms with Gasteiger partial charge in [-0.1, -0.05) is 17.3 Å². The lowest BCUT2D eigenvalue weighted by molar-refractivity contribution is 0.103. The van der Waals surface area contributed by atoms with Gasteiger partial charge in [-0.3, -0.25) is 0 Å². The average Bonchev–Trinajstić information content (AvgIpc) is 2.91. The highest BCUT2D eigenvalue weighted by molar-refractivity contribution is 5.23. The third kappa shape index (κ3) is 4.35. The lowest BCUT2D eigenvalue weighted by atomic mass is 10.3. The first-order valence-electron chi connectivity index (χ1n) is 5.91. The van der Waals surface area contributed by atoms with Gasteiger partial charge in [-0.05, 0) is 12.1 Å². The summed E-state index contributed by atoms with van der Waals surface area (Å²) in [6, 6.07) is 7.81. The van der Waals surface area contributed by atoms with E-state index in [0.717, 1.165) is 0 Å². The van der Waals surface area contributed by atoms with E-state index in [4.69, 9.17) is 9.26 Å². The highest BCUT2D eigenvalue weighted by Crippen LogP contribution is 2.15. The van der Waals surface area contributed by atoms with Crippen molar-refractivity contribution in [2.24, 2.45) is 0 Å². The number of hydrogen-bond acceptors (Lipinski definition) is 5. The van der Waals surface area contributed by atoms with E-state index in [0.29, 0.717) is 18.8 Å². The number of benzene rings is 1. The molecule has 2 rings (SSSR count). The van der Waals surface area contributed by atoms with Crippen molar-refractivity contribution in [2.45, 2.75) is 12.6 Å². The maximum absolute atomic E-state index is 13.2. The minimum absolute atomic E-state index is 0.0182. The van der Waals surface area contributed by atoms with Crippen LogP contribution in [0.3, 0.4) is 0 Å². The lowest BCUT2D eigenvalue weighted by Gasteiger charge is -2.13. The summed E-state index contributed by atoms with van der Waals surface area (Å²) in [4.78, 5) is 0. The Labute approximate surface area is 110 Å². The Kier molecular flexibility index (Phi) is 4.88. The average molecular weight is 266 g/mol. The number of ether oxygens (including phenoxy) is 1. The lowest BCUT2D eigenvalue weighted by Crippen LogP contribution is -2.31. The molecule has 0 radical (unpaired) electrons. The zero-order chi connectivity index (χ0) is 13.5. The van der Waals surface area contributed by atoms with E-state index < -0.39 is 11.9 Å². The summed E-state index contributed by atoms with van der Waals surface area (Å²) in [6.45, 7) is 0.802. The molecule has 0 saturated heterocycles. The second-order valence-electron chi connectivity index (χ2n) is 4.00. The minimum atomic E-state index is -0.734. The number of nitrogens with one attached hydrogen (secondary N) is 1. The number of para-hydroxylation sites is 1. The van der Waals surface area contributed by atoms with Crippen LogP contribution in [0, 0.1) is 5.82 Å². The molecule has 0 amide bonds. The van der Waals surface area contributed by atoms with Crippen LogP contribution < -0.4 is 10.1 Å². The van der Waals surface area contributed by atoms with Crippen molar-refractivity contribution >= 4 is 0 Å². The van der Waals surface area contributed by atoms with Crippen LogP contribution >= 0.6 is 0 Å². The van der Waals surface area contributed by atoms with Gasteiger partial charge in [-0.15, -0.1) is 0 Å². The number of aromatic nitrogens is 1. The zero-order valence-electron chi connectivity index (χ0n) is 10.3. The van der Waals surface area contributed by atoms with Crippen molar-refractivity contribution in [3.8, 4) is 5.75 Å². The fourth-order valence-corrected chi connectivity index (χ4v) is 1.50. The number of aliphatic hydroxyl groups is 1. The number of rotatable bonds is 7. The van der Waals surface area contributed by atoms with Gasteiger partial charge in [0.1, 0.15) is 18.5 Å². The Morgan fingerprint density at radius 1 is 1.37 bits per heavy atom. The normalized spacial score (nSPS) is 12.3. The number of hydrogen-bond donors (Lipinski definition) is 2. The molecule has 1 aromatic carbocycles. The molecule has 0 aliphatic rings. The van der Waals surface area contributed by atoms with Gasteiger partial charge in [0.2, 0.25) is 0 Å². The summed E-state index contributed by atoms with van der Waals surface area (Å²) in [5.41, 5.74) is 0. The molecule has 0 bridgehead atoms. The van der Waals surface area contributed by atoms with Crippen molar-refractivity contribution in [3.63, 3.8) is 0 Å². The SMILES string of the molecule is OC(CNCc1ccno1)COc1ccccc1F. The van der Waals surface area contributed by atoms with Gasteiger partial charge in [0.15, 0.2) is 11.6 Å². The van der Waals surface area contributed by atoms with Gasteiger partial charge in [0.25, 0.3) is 0 Å². The standard InChI is InChI=1S/C13H15FN2O3/c14-12-3-1-2-4-13(12)18-9-10(17)7-15-8-11-5-6-16-19-11/h1-6,10,15,17H,7-9H2. The van der Waals surface area contributed by atoms with Gasteiger partial charge in [0.05, 0.1) is 12.7 Å². The Morgan fingerprint density at radius 2 is 2.21 bits per heavy atom. The zero-order valence-corrected chi connectivity index (χ0v) is 10.3. The Morgan fingerprint density at radius 3 is 2.95 bits per heavy atom. The quantitative estimate of drug-likeness (QED) is 0.791. The van der Waals surface area contributed by atoms with Crippen molar-refractivity contribution in [1.82, 2.24) is 10.5 Å². The van der Waals surface area contributed by atoms with Gasteiger partial charge >= 0.3 is 0 Å². The molecule has 6 heteroatoms. The van der Waals surface area contributed by atoms with E-state index in [-0.39, 0.29) is 12.4 Å². The molecule has 102 valence electrons. The van der Waals surface area contributed by atoms with Crippen LogP contribution in [-0.2, 0) is 6.54 Å². The first-order valence-corrected chi connectivity index (χ1v) is 5.91. The van der Waals surface area contributed by atoms with Gasteiger partial charge in [0, 0.05) is 12.6 Å². The third-order valence-corrected chi connectivity index (χ3v) is 2.44. The molecule has 5 nitrogen and oxygen atoms in total. The number of nitrogens with zero attached hydrogens (tertiary/aromatic N) is 1. The van der Waals surface area contributed by atoms with Crippen LogP contribution in [0.4, 0.5) is 4.39 Å². The van der Waals surface area contributed by atoms with E-state index in [2.05, 4.69) is 10.5 Å². The first-order chi connectivity index (χ1) is 9.25. The molecule has 2 N–H and O–H groups in total. The van der Waals surface area contributed by atoms with Crippen LogP contribution in [0.25, 0.3) is 0 Å². The van der Waals surface area contributed by atoms with Gasteiger partial charge in [-0.25, -0.2) is 4.39 Å². The topological polar surface area (TPSA) is 67.5 Å². The molecule has 0 spiro atoms. The van der Waals surface area contributed by atoms with E-state index in [1.807, 2.05) is 0 Å². The Bertz CT molecular complexity index is 490. The second kappa shape index (κ2) is 6.86. The summed E-state index contributed by atoms with van der Waals surface area (Å²) < 4.78 is 23.3. The minimum Gasteiger partial charge on any atom is -0.488 e. The maximum Gasteiger partial charge on any atom is 0.165 e. The monoisotopic (exact) mass is 266 g/mol. The summed E-state index contributed by atoms with van der Waals surface area (Å²) in [5, 5.41) is 16.2. The molecule has 2 aromatic rings. The molecular weight excluding hydrogens is 251 g/mol. The van der Waals surface area contributed by atoms with Crippen LogP contribution in [0.15, 0.2) is 41.1 Å². The number of halogens is 1. The Balaban J connectivity index is 1.67. The van der Waals surface area contributed by atoms with Crippen molar-refractivity contribution in [1.29, 1.82) is 0 Å². The molecular formula is C13H15FN2O3. The fourth-order valence-electron chi connectivity index (χ4n) is 1.50. The molecule has 0 fully saturated rings. The van der Waals surface area contributed by atoms with Gasteiger partial charge < -0.3 is 19.7 Å². The van der Waals surface area contributed by atoms with E-state index in [1.54, 1.807) is 24.4 Å². The highest BCUT2D eigenvalue weighted by atomic mass is 19.1. The molecule has 1 atom stereocenters. The molecule has 0 aliphatic carbocycles. The first kappa shape index (κ1) is 13.5. The largest absolute Gasteiger partial charge is 0.488 e. The number of aliphatic hydroxyl groups excluding tert-OH is 1. The van der Waals surface area contributed by atoms with Gasteiger partial charge in [-0.2, -0.15) is 0 Å². The summed E-state index contributed by atoms with van der Waals surface area (Å²) >= 11 is 0. The molecule has 19 heavy (non-hydrogen) atoms. The highest BCUT2D eigenvalue weighted by Gasteiger charge is 2.08. The molecule has 0 saturated carbocycles. The summed E-state index contributed by atoms with van der Waals surface area (Å²) in [6.07, 6.45) is 0.817. The van der Waals surface area contributed by atoms with Crippen LogP contribution in [-0.4, -0.2) is 29.5 Å². The van der Waals surface area contributed by atoms with E-state index in [9.17, 15) is 9.50 Å². The summed E-state index contributed by atoms with van der Waals surface area (Å²) in [7, 11) is 0. The van der Waals surface area contributed by atoms with Crippen molar-refractivity contribution in [3.05, 3.63) is 48.1 Å². The van der Waals surface area contributed by atoms with Crippen molar-refractivity contribution in [2.75, 3.05) is 13.2 Å². The van der Waals surface area contributed by atoms with Crippen LogP contribution in [0.5, 0.6) is 5.75 Å². The predicted octanol–water partition coefficient (Wildman–Crippen LogP) is 1.34. The predicted molar refractivity (Wildman–Crippen MR) is 66.1 cm³/mol. The van der Waals surface area contributed by atoms with E-state index >= 15 is 0 Å². The fraction of sp³-hybridized carbons (Fsp3) is 0.308. The smallest absolute Gasteiger partial charge is 0.165 e. The van der Waals surface area contributed by atoms with Crippen LogP contribution in [0.2, 0.25) is 0 Å². The maximum atomic E-state index is 13.2. The molecule has 1 unspecified atom stereocenters. The molecule has 1 heterocycles. The Hall–Kier alpha value is -1.92. The van der Waals surface area contributed by atoms with Crippen LogP contribution in [0.1, 0.15) is 5.76 Å². The molecule has 1 aromatic heterocycles. The second-order valence-corrected chi connectivity index (χ2v) is 4.00. The van der Waals surface area contributed by atoms with E-state index in [1.165, 1.54) is 12.1 Å². The summed E-state index contributed by atoms with van der Waals surface area (Å²) in [5.74, 6) is 0.378. The third-order valence-electron chi connectivity index (χ3n) is 2.44. The van der Waals surface area contributed by atoms with Crippen molar-refractivity contribution < 1.29 is 18.8 Å².